The molecule has 0 unspecified atom stereocenters. The number of furan rings is 1. The van der Waals surface area contributed by atoms with Gasteiger partial charge in [-0.3, -0.25) is 0 Å². The Hall–Kier alpha value is -19.3. The summed E-state index contributed by atoms with van der Waals surface area (Å²) in [4.78, 5) is 0. The van der Waals surface area contributed by atoms with Gasteiger partial charge in [-0.25, -0.2) is 0 Å². The normalized spacial score (nSPS) is 11.7. The van der Waals surface area contributed by atoms with Crippen molar-refractivity contribution in [2.24, 2.45) is 0 Å². The fourth-order valence-corrected chi connectivity index (χ4v) is 22.9. The van der Waals surface area contributed by atoms with Crippen molar-refractivity contribution in [1.29, 1.82) is 0 Å². The molecule has 30 rings (SSSR count). The third kappa shape index (κ3) is 14.3. The summed E-state index contributed by atoms with van der Waals surface area (Å²) >= 11 is 0. The van der Waals surface area contributed by atoms with Gasteiger partial charge in [-0.1, -0.05) is 352 Å². The number of fused-ring (bicyclic) bond motifs is 21. The van der Waals surface area contributed by atoms with Gasteiger partial charge >= 0.3 is 0 Å². The fourth-order valence-electron chi connectivity index (χ4n) is 22.9. The van der Waals surface area contributed by atoms with Gasteiger partial charge in [0.15, 0.2) is 0 Å². The average molecular weight is 1850 g/mol. The third-order valence-electron chi connectivity index (χ3n) is 29.6. The Morgan fingerprint density at radius 2 is 0.331 bits per heavy atom. The van der Waals surface area contributed by atoms with Crippen LogP contribution in [0.15, 0.2) is 550 Å². The molecule has 0 saturated carbocycles. The first-order valence-corrected chi connectivity index (χ1v) is 49.7. The highest BCUT2D eigenvalue weighted by atomic mass is 16.3. The van der Waals surface area contributed by atoms with Crippen molar-refractivity contribution >= 4 is 153 Å². The Morgan fingerprint density at radius 3 is 0.669 bits per heavy atom. The summed E-state index contributed by atoms with van der Waals surface area (Å²) in [5, 5.41) is 17.3. The summed E-state index contributed by atoms with van der Waals surface area (Å²) < 4.78 is 20.6. The minimum atomic E-state index is 0.902. The van der Waals surface area contributed by atoms with Gasteiger partial charge < -0.3 is 31.8 Å². The summed E-state index contributed by atoms with van der Waals surface area (Å²) in [7, 11) is 0. The van der Waals surface area contributed by atoms with E-state index in [9.17, 15) is 0 Å². The molecule has 0 saturated heterocycles. The third-order valence-corrected chi connectivity index (χ3v) is 29.6. The lowest BCUT2D eigenvalue weighted by atomic mass is 9.97. The molecule has 7 heteroatoms. The van der Waals surface area contributed by atoms with Crippen LogP contribution in [-0.2, 0) is 0 Å². The van der Waals surface area contributed by atoms with Crippen LogP contribution >= 0.6 is 0 Å². The molecule has 7 nitrogen and oxygen atoms in total. The molecular formula is C138H90N6O. The highest BCUT2D eigenvalue weighted by molar-refractivity contribution is 6.21. The van der Waals surface area contributed by atoms with E-state index in [4.69, 9.17) is 4.42 Å². The van der Waals surface area contributed by atoms with E-state index in [1.54, 1.807) is 0 Å². The molecular weight excluding hydrogens is 1760 g/mol. The molecule has 7 heterocycles. The minimum absolute atomic E-state index is 0.902. The predicted molar refractivity (Wildman–Crippen MR) is 611 cm³/mol. The summed E-state index contributed by atoms with van der Waals surface area (Å²) in [5.74, 6) is 0. The number of nitrogens with zero attached hydrogens (tertiary/aromatic N) is 6. The topological polar surface area (TPSA) is 42.7 Å². The smallest absolute Gasteiger partial charge is 0.137 e. The zero-order chi connectivity index (χ0) is 95.5. The van der Waals surface area contributed by atoms with Crippen molar-refractivity contribution in [3.63, 3.8) is 0 Å². The van der Waals surface area contributed by atoms with Gasteiger partial charge in [0.05, 0.1) is 66.2 Å². The molecule has 0 bridgehead atoms. The van der Waals surface area contributed by atoms with E-state index in [-0.39, 0.29) is 0 Å². The zero-order valence-corrected chi connectivity index (χ0v) is 79.1. The van der Waals surface area contributed by atoms with E-state index in [1.807, 2.05) is 12.1 Å². The van der Waals surface area contributed by atoms with Gasteiger partial charge in [-0.2, -0.15) is 0 Å². The molecule has 0 atom stereocenters. The molecule has 678 valence electrons. The van der Waals surface area contributed by atoms with Crippen molar-refractivity contribution in [2.75, 3.05) is 0 Å². The van der Waals surface area contributed by atoms with E-state index in [0.717, 1.165) is 44.7 Å². The van der Waals surface area contributed by atoms with Crippen LogP contribution in [-0.4, -0.2) is 27.4 Å². The molecule has 0 aliphatic carbocycles. The van der Waals surface area contributed by atoms with Crippen molar-refractivity contribution in [3.8, 4) is 112 Å². The van der Waals surface area contributed by atoms with Crippen molar-refractivity contribution in [1.82, 2.24) is 27.4 Å². The van der Waals surface area contributed by atoms with Crippen molar-refractivity contribution < 1.29 is 4.42 Å². The molecule has 0 fully saturated rings. The molecule has 30 aromatic rings. The highest BCUT2D eigenvalue weighted by Crippen LogP contribution is 2.48. The number of hydrogen-bond acceptors (Lipinski definition) is 1. The number of para-hydroxylation sites is 8. The van der Waals surface area contributed by atoms with E-state index < -0.39 is 0 Å². The Morgan fingerprint density at radius 1 is 0.110 bits per heavy atom. The number of benzene rings is 23. The van der Waals surface area contributed by atoms with Gasteiger partial charge in [-0.15, -0.1) is 0 Å². The number of aromatic nitrogens is 6. The lowest BCUT2D eigenvalue weighted by molar-refractivity contribution is 0.668. The first-order chi connectivity index (χ1) is 71.9. The van der Waals surface area contributed by atoms with Crippen LogP contribution < -0.4 is 0 Å². The lowest BCUT2D eigenvalue weighted by Gasteiger charge is -2.10. The molecule has 0 amide bonds. The van der Waals surface area contributed by atoms with Crippen LogP contribution in [0.5, 0.6) is 0 Å². The van der Waals surface area contributed by atoms with Crippen LogP contribution in [0.3, 0.4) is 0 Å². The second-order valence-corrected chi connectivity index (χ2v) is 37.7. The van der Waals surface area contributed by atoms with E-state index in [0.29, 0.717) is 0 Å². The molecule has 7 aromatic heterocycles. The Kier molecular flexibility index (Phi) is 20.2. The molecule has 0 N–H and O–H groups in total. The summed E-state index contributed by atoms with van der Waals surface area (Å²) in [6.07, 6.45) is 0. The summed E-state index contributed by atoms with van der Waals surface area (Å²) in [6, 6.07) is 197. The molecule has 0 aliphatic heterocycles. The zero-order valence-electron chi connectivity index (χ0n) is 79.1. The molecule has 0 aliphatic rings. The second kappa shape index (κ2) is 34.9. The fraction of sp³-hybridized carbons (Fsp3) is 0. The second-order valence-electron chi connectivity index (χ2n) is 37.7. The maximum atomic E-state index is 6.27. The Balaban J connectivity index is 0.000000106. The molecule has 0 radical (unpaired) electrons. The quantitative estimate of drug-likeness (QED) is 0.113. The van der Waals surface area contributed by atoms with Gasteiger partial charge in [0.25, 0.3) is 0 Å². The Bertz CT molecular complexity index is 10300. The van der Waals surface area contributed by atoms with Gasteiger partial charge in [0.1, 0.15) is 11.2 Å². The predicted octanol–water partition coefficient (Wildman–Crippen LogP) is 37.2. The maximum Gasteiger partial charge on any atom is 0.137 e. The SMILES string of the molecule is c1ccc(-c2ccc(-n3c4ccc(-c5ccc6c(c5)c5ccccc5n6-c5ccccc5)cc4c4c(-c5ccccc5)cccc43)cc2)cc1.c1ccc(-c2ccc(-n3c4ccccc4c4cc(-c5ccc6c(c5)c5c(-c7ccccc7)cccc5n6-c5ccccc5)ccc43)cc2)cc1.c1ccc(-n2c3ccccc3c3cc(-c4ccc5c(c4)c4ccccc4n5-c4ccc5c(c4)oc4ccccc45)ccc32)cc1. The Labute approximate surface area is 836 Å². The van der Waals surface area contributed by atoms with E-state index in [2.05, 4.69) is 561 Å². The monoisotopic (exact) mass is 1850 g/mol. The van der Waals surface area contributed by atoms with E-state index in [1.165, 1.54) is 220 Å². The van der Waals surface area contributed by atoms with E-state index >= 15 is 0 Å². The van der Waals surface area contributed by atoms with Crippen molar-refractivity contribution in [2.45, 2.75) is 0 Å². The van der Waals surface area contributed by atoms with Gasteiger partial charge in [0.2, 0.25) is 0 Å². The molecule has 145 heavy (non-hydrogen) atoms. The van der Waals surface area contributed by atoms with Crippen LogP contribution in [0, 0.1) is 0 Å². The first-order valence-electron chi connectivity index (χ1n) is 49.7. The van der Waals surface area contributed by atoms with Gasteiger partial charge in [-0.05, 0) is 266 Å². The minimum Gasteiger partial charge on any atom is -0.456 e. The number of rotatable bonds is 13. The van der Waals surface area contributed by atoms with Crippen LogP contribution in [0.1, 0.15) is 0 Å². The largest absolute Gasteiger partial charge is 0.456 e. The summed E-state index contributed by atoms with van der Waals surface area (Å²) in [6.45, 7) is 0. The molecule has 23 aromatic carbocycles. The van der Waals surface area contributed by atoms with Gasteiger partial charge in [0, 0.05) is 116 Å². The van der Waals surface area contributed by atoms with Crippen LogP contribution in [0.4, 0.5) is 0 Å². The molecule has 0 spiro atoms. The van der Waals surface area contributed by atoms with Crippen LogP contribution in [0.25, 0.3) is 265 Å². The first kappa shape index (κ1) is 83.8. The maximum absolute atomic E-state index is 6.27. The number of hydrogen-bond donors (Lipinski definition) is 0. The summed E-state index contributed by atoms with van der Waals surface area (Å²) in [5.41, 5.74) is 40.2. The van der Waals surface area contributed by atoms with Crippen LogP contribution in [0.2, 0.25) is 0 Å². The average Bonchev–Trinajstić information content (AvgIpc) is 1.56. The highest BCUT2D eigenvalue weighted by Gasteiger charge is 2.25. The standard InChI is InChI=1S/2C48H32N2.C42H26N2O/c1-4-13-33(14-5-1)34-23-27-39(28-24-34)49-44-21-11-10-19-41(44)42-31-36(25-29-45(42)49)37-26-30-46-43(32-37)48-40(35-15-6-2-7-16-35)20-12-22-47(48)50(46)38-17-8-3-9-18-38;1-4-13-33(14-5-1)34-23-27-39(28-24-34)50-46-30-26-37(32-43(46)48-40(20-12-22-47(48)50)35-15-6-2-7-16-35)36-25-29-45-42(31-36)41-19-10-11-21-44(41)49(45)38-17-8-3-9-18-38;1-2-10-29(11-3-1)43-37-15-7-4-12-31(37)35-24-27(18-22-39(35)43)28-19-23-40-36(25-28)32-13-5-8-16-38(32)44(40)30-20-21-34-33-14-6-9-17-41(33)45-42(34)26-30/h2*1-32H;1-26H. The van der Waals surface area contributed by atoms with Crippen molar-refractivity contribution in [3.05, 3.63) is 546 Å². The lowest BCUT2D eigenvalue weighted by Crippen LogP contribution is -1.94.